The third-order valence-electron chi connectivity index (χ3n) is 2.82. The number of phosphoric acid groups is 2. The molecule has 1 fully saturated rings. The van der Waals surface area contributed by atoms with Gasteiger partial charge in [-0.25, -0.2) is 0 Å². The molecule has 1 aliphatic rings. The van der Waals surface area contributed by atoms with Crippen LogP contribution in [0.5, 0.6) is 0 Å². The summed E-state index contributed by atoms with van der Waals surface area (Å²) in [4.78, 5) is 63.0. The molecule has 152 valence electrons. The molecular weight excluding hydrogens is 417 g/mol. The maximum absolute atomic E-state index is 11.2. The predicted octanol–water partition coefficient (Wildman–Crippen LogP) is -2.92. The van der Waals surface area contributed by atoms with E-state index in [1.54, 1.807) is 0 Å². The number of hydrogen-bond donors (Lipinski definition) is 8. The van der Waals surface area contributed by atoms with Crippen molar-refractivity contribution in [3.63, 3.8) is 0 Å². The molecule has 0 bridgehead atoms. The average Bonchev–Trinajstić information content (AvgIpc) is 2.38. The van der Waals surface area contributed by atoms with Gasteiger partial charge in [-0.05, 0) is 0 Å². The van der Waals surface area contributed by atoms with E-state index >= 15 is 0 Å². The zero-order valence-electron chi connectivity index (χ0n) is 12.4. The van der Waals surface area contributed by atoms with Gasteiger partial charge in [-0.3, -0.25) is 0 Å². The molecule has 8 N–H and O–H groups in total. The van der Waals surface area contributed by atoms with Crippen LogP contribution in [-0.4, -0.2) is 83.8 Å². The van der Waals surface area contributed by atoms with Crippen molar-refractivity contribution in [2.24, 2.45) is 0 Å². The number of aliphatic hydroxyl groups excluding tert-OH is 1. The van der Waals surface area contributed by atoms with Gasteiger partial charge in [0, 0.05) is 0 Å². The molecule has 18 heteroatoms. The standard InChI is InChI=1S/C7H19O15P3/c1-18-7-6(22-25(15,16)17)5(21-24(12,13)14)4(3(2-8)19-7)20-23(9,10)11/h3-8,15-17,25H,2H2,1H3,(H2,9,10,11)(H2,12,13,14)/t3?,4-,5?,6-,7+/m1/s1. The number of rotatable bonds is 8. The summed E-state index contributed by atoms with van der Waals surface area (Å²) in [6.45, 7) is -0.960. The normalized spacial score (nSPS) is 32.6. The fourth-order valence-electron chi connectivity index (χ4n) is 2.09. The van der Waals surface area contributed by atoms with Gasteiger partial charge in [-0.15, -0.1) is 0 Å². The molecule has 0 aromatic heterocycles. The van der Waals surface area contributed by atoms with Crippen molar-refractivity contribution in [2.75, 3.05) is 13.7 Å². The Labute approximate surface area is 140 Å². The van der Waals surface area contributed by atoms with Gasteiger partial charge >= 0.3 is 140 Å². The third-order valence-corrected chi connectivity index (χ3v) is 4.44. The Morgan fingerprint density at radius 1 is 0.960 bits per heavy atom. The first kappa shape index (κ1) is 23.4. The van der Waals surface area contributed by atoms with Gasteiger partial charge < -0.3 is 0 Å². The van der Waals surface area contributed by atoms with E-state index in [0.29, 0.717) is 0 Å². The van der Waals surface area contributed by atoms with E-state index in [4.69, 9.17) is 43.7 Å². The fourth-order valence-corrected chi connectivity index (χ4v) is 3.83. The molecule has 25 heavy (non-hydrogen) atoms. The van der Waals surface area contributed by atoms with E-state index < -0.39 is 61.1 Å². The molecule has 2 unspecified atom stereocenters. The molecule has 0 amide bonds. The first-order chi connectivity index (χ1) is 11.2. The van der Waals surface area contributed by atoms with Crippen LogP contribution in [0.2, 0.25) is 0 Å². The van der Waals surface area contributed by atoms with E-state index in [1.165, 1.54) is 0 Å². The second-order valence-electron chi connectivity index (χ2n) is 4.74. The van der Waals surface area contributed by atoms with E-state index in [1.807, 2.05) is 0 Å². The molecule has 0 aromatic rings. The average molecular weight is 436 g/mol. The summed E-state index contributed by atoms with van der Waals surface area (Å²) >= 11 is 0. The minimum atomic E-state index is -5.35. The molecule has 1 heterocycles. The predicted molar refractivity (Wildman–Crippen MR) is 76.4 cm³/mol. The van der Waals surface area contributed by atoms with Crippen LogP contribution in [0.1, 0.15) is 0 Å². The van der Waals surface area contributed by atoms with Crippen LogP contribution in [0.25, 0.3) is 0 Å². The van der Waals surface area contributed by atoms with Crippen molar-refractivity contribution >= 4 is 23.8 Å². The topological polar surface area (TPSA) is 242 Å². The molecule has 0 saturated carbocycles. The van der Waals surface area contributed by atoms with E-state index in [9.17, 15) is 14.2 Å². The van der Waals surface area contributed by atoms with Crippen molar-refractivity contribution < 1.29 is 71.5 Å². The fraction of sp³-hybridized carbons (Fsp3) is 1.00. The third kappa shape index (κ3) is 7.87. The summed E-state index contributed by atoms with van der Waals surface area (Å²) in [6.07, 6.45) is -9.53. The Balaban J connectivity index is 3.32. The van der Waals surface area contributed by atoms with Gasteiger partial charge in [-0.2, -0.15) is 0 Å². The molecule has 0 aliphatic carbocycles. The summed E-state index contributed by atoms with van der Waals surface area (Å²) in [5, 5.41) is 9.26. The Kier molecular flexibility index (Phi) is 8.04. The van der Waals surface area contributed by atoms with Crippen LogP contribution in [0, 0.1) is 0 Å². The van der Waals surface area contributed by atoms with E-state index in [2.05, 4.69) is 13.6 Å². The monoisotopic (exact) mass is 436 g/mol. The minimum absolute atomic E-state index is 0.960. The Morgan fingerprint density at radius 2 is 1.44 bits per heavy atom. The van der Waals surface area contributed by atoms with Crippen LogP contribution >= 0.6 is 23.8 Å². The second kappa shape index (κ2) is 8.59. The second-order valence-corrected chi connectivity index (χ2v) is 8.51. The van der Waals surface area contributed by atoms with Gasteiger partial charge in [0.05, 0.1) is 0 Å². The molecule has 5 atom stereocenters. The molecule has 1 rings (SSSR count). The quantitative estimate of drug-likeness (QED) is 0.178. The Morgan fingerprint density at radius 3 is 1.80 bits per heavy atom. The number of phosphoric ester groups is 2. The van der Waals surface area contributed by atoms with Crippen LogP contribution < -0.4 is 0 Å². The van der Waals surface area contributed by atoms with Crippen LogP contribution in [0.15, 0.2) is 0 Å². The molecule has 15 nitrogen and oxygen atoms in total. The molecule has 0 aromatic carbocycles. The molecule has 1 saturated heterocycles. The van der Waals surface area contributed by atoms with Crippen molar-refractivity contribution in [3.8, 4) is 0 Å². The maximum atomic E-state index is 11.2. The van der Waals surface area contributed by atoms with Crippen LogP contribution in [-0.2, 0) is 32.2 Å². The zero-order valence-corrected chi connectivity index (χ0v) is 15.2. The summed E-state index contributed by atoms with van der Waals surface area (Å²) < 4.78 is 45.2. The van der Waals surface area contributed by atoms with Crippen LogP contribution in [0.3, 0.4) is 0 Å². The van der Waals surface area contributed by atoms with Gasteiger partial charge in [0.2, 0.25) is 0 Å². The SMILES string of the molecule is CO[C@H]1OC(CO)[C@@H](OP(=O)(O)O)C(OP(=O)(O)O)[C@H]1O[PH](O)(O)O. The van der Waals surface area contributed by atoms with Crippen molar-refractivity contribution in [1.29, 1.82) is 0 Å². The van der Waals surface area contributed by atoms with Crippen molar-refractivity contribution in [2.45, 2.75) is 30.7 Å². The van der Waals surface area contributed by atoms with Gasteiger partial charge in [0.25, 0.3) is 0 Å². The summed E-state index contributed by atoms with van der Waals surface area (Å²) in [5.74, 6) is 0. The molecule has 0 radical (unpaired) electrons. The zero-order chi connectivity index (χ0) is 19.6. The Bertz CT molecular complexity index is 522. The van der Waals surface area contributed by atoms with Crippen LogP contribution in [0.4, 0.5) is 0 Å². The first-order valence-corrected chi connectivity index (χ1v) is 11.1. The molecule has 1 aliphatic heterocycles. The van der Waals surface area contributed by atoms with Crippen molar-refractivity contribution in [3.05, 3.63) is 0 Å². The number of methoxy groups -OCH3 is 1. The Hall–Kier alpha value is 0.370. The van der Waals surface area contributed by atoms with Crippen molar-refractivity contribution in [1.82, 2.24) is 0 Å². The summed E-state index contributed by atoms with van der Waals surface area (Å²) in [7, 11) is -15.0. The van der Waals surface area contributed by atoms with Gasteiger partial charge in [0.15, 0.2) is 0 Å². The van der Waals surface area contributed by atoms with E-state index in [-0.39, 0.29) is 0 Å². The summed E-state index contributed by atoms with van der Waals surface area (Å²) in [5.41, 5.74) is 0. The summed E-state index contributed by atoms with van der Waals surface area (Å²) in [6, 6.07) is 0. The van der Waals surface area contributed by atoms with E-state index in [0.717, 1.165) is 7.11 Å². The number of hydrogen-bond acceptors (Lipinski definition) is 11. The van der Waals surface area contributed by atoms with Gasteiger partial charge in [0.1, 0.15) is 0 Å². The molecular formula is C7H19O15P3. The molecule has 0 spiro atoms. The first-order valence-electron chi connectivity index (χ1n) is 6.29. The number of ether oxygens (including phenoxy) is 2. The number of aliphatic hydroxyl groups is 1. The van der Waals surface area contributed by atoms with Gasteiger partial charge in [-0.1, -0.05) is 0 Å².